The average molecular weight is 407 g/mol. The highest BCUT2D eigenvalue weighted by molar-refractivity contribution is 6.35. The molecule has 6 heteroatoms. The van der Waals surface area contributed by atoms with Crippen molar-refractivity contribution in [1.82, 2.24) is 10.2 Å². The molecule has 2 aromatic rings. The molecule has 0 radical (unpaired) electrons. The molecule has 1 atom stereocenters. The second-order valence-electron chi connectivity index (χ2n) is 6.46. The van der Waals surface area contributed by atoms with Gasteiger partial charge < -0.3 is 10.2 Å². The zero-order valence-corrected chi connectivity index (χ0v) is 17.3. The summed E-state index contributed by atoms with van der Waals surface area (Å²) in [4.78, 5) is 27.1. The van der Waals surface area contributed by atoms with Gasteiger partial charge in [0, 0.05) is 23.6 Å². The summed E-state index contributed by atoms with van der Waals surface area (Å²) in [5, 5.41) is 3.61. The Morgan fingerprint density at radius 3 is 2.33 bits per heavy atom. The maximum atomic E-state index is 13.1. The summed E-state index contributed by atoms with van der Waals surface area (Å²) in [6, 6.07) is 12.5. The summed E-state index contributed by atoms with van der Waals surface area (Å²) in [7, 11) is 1.58. The number of hydrogen-bond donors (Lipinski definition) is 1. The molecule has 0 heterocycles. The molecule has 0 spiro atoms. The largest absolute Gasteiger partial charge is 0.357 e. The van der Waals surface area contributed by atoms with Crippen molar-refractivity contribution >= 4 is 35.0 Å². The van der Waals surface area contributed by atoms with Crippen LogP contribution in [0.15, 0.2) is 42.5 Å². The molecule has 2 aromatic carbocycles. The van der Waals surface area contributed by atoms with Crippen molar-refractivity contribution in [2.45, 2.75) is 39.3 Å². The van der Waals surface area contributed by atoms with E-state index in [1.54, 1.807) is 30.1 Å². The molecule has 0 aliphatic rings. The first-order valence-electron chi connectivity index (χ1n) is 8.86. The molecule has 144 valence electrons. The van der Waals surface area contributed by atoms with Crippen LogP contribution in [0.5, 0.6) is 0 Å². The number of aryl methyl sites for hydroxylation is 1. The van der Waals surface area contributed by atoms with Gasteiger partial charge in [-0.1, -0.05) is 66.0 Å². The van der Waals surface area contributed by atoms with Gasteiger partial charge in [-0.25, -0.2) is 0 Å². The number of nitrogens with zero attached hydrogens (tertiary/aromatic N) is 1. The van der Waals surface area contributed by atoms with E-state index in [4.69, 9.17) is 23.2 Å². The summed E-state index contributed by atoms with van der Waals surface area (Å²) in [6.45, 7) is 4.26. The number of benzene rings is 2. The second kappa shape index (κ2) is 9.77. The molecular formula is C21H24Cl2N2O2. The fourth-order valence-corrected chi connectivity index (χ4v) is 3.38. The van der Waals surface area contributed by atoms with Crippen molar-refractivity contribution in [3.63, 3.8) is 0 Å². The molecule has 0 aliphatic carbocycles. The number of nitrogens with one attached hydrogen (secondary N) is 1. The lowest BCUT2D eigenvalue weighted by Gasteiger charge is -2.30. The predicted molar refractivity (Wildman–Crippen MR) is 110 cm³/mol. The molecule has 2 amide bonds. The number of likely N-dealkylation sites (N-methyl/N-ethyl adjacent to an activating group) is 1. The van der Waals surface area contributed by atoms with E-state index >= 15 is 0 Å². The number of carbonyl (C=O) groups excluding carboxylic acids is 2. The van der Waals surface area contributed by atoms with Crippen LogP contribution in [0, 0.1) is 6.92 Å². The molecule has 27 heavy (non-hydrogen) atoms. The lowest BCUT2D eigenvalue weighted by molar-refractivity contribution is -0.140. The number of halogens is 2. The van der Waals surface area contributed by atoms with E-state index in [1.807, 2.05) is 38.1 Å². The molecule has 0 saturated carbocycles. The highest BCUT2D eigenvalue weighted by Gasteiger charge is 2.28. The van der Waals surface area contributed by atoms with Crippen molar-refractivity contribution < 1.29 is 9.59 Å². The summed E-state index contributed by atoms with van der Waals surface area (Å²) in [5.74, 6) is -0.338. The van der Waals surface area contributed by atoms with Gasteiger partial charge in [0.1, 0.15) is 6.04 Å². The average Bonchev–Trinajstić information content (AvgIpc) is 2.65. The Hall–Kier alpha value is -2.04. The third kappa shape index (κ3) is 5.72. The Morgan fingerprint density at radius 2 is 1.78 bits per heavy atom. The topological polar surface area (TPSA) is 49.4 Å². The Bertz CT molecular complexity index is 806. The molecule has 0 aromatic heterocycles. The van der Waals surface area contributed by atoms with Gasteiger partial charge in [-0.3, -0.25) is 9.59 Å². The first kappa shape index (κ1) is 21.3. The summed E-state index contributed by atoms with van der Waals surface area (Å²) >= 11 is 12.2. The fourth-order valence-electron chi connectivity index (χ4n) is 2.91. The van der Waals surface area contributed by atoms with Crippen LogP contribution in [0.2, 0.25) is 10.0 Å². The van der Waals surface area contributed by atoms with Crippen LogP contribution in [0.3, 0.4) is 0 Å². The normalized spacial score (nSPS) is 11.7. The van der Waals surface area contributed by atoms with E-state index in [0.717, 1.165) is 11.1 Å². The molecule has 2 rings (SSSR count). The molecule has 1 N–H and O–H groups in total. The van der Waals surface area contributed by atoms with Gasteiger partial charge in [0.05, 0.1) is 6.42 Å². The zero-order valence-electron chi connectivity index (χ0n) is 15.8. The van der Waals surface area contributed by atoms with Crippen molar-refractivity contribution in [3.8, 4) is 0 Å². The van der Waals surface area contributed by atoms with E-state index < -0.39 is 6.04 Å². The summed E-state index contributed by atoms with van der Waals surface area (Å²) in [5.41, 5.74) is 2.80. The van der Waals surface area contributed by atoms with Crippen molar-refractivity contribution in [2.75, 3.05) is 7.05 Å². The molecule has 1 unspecified atom stereocenters. The molecular weight excluding hydrogens is 383 g/mol. The minimum absolute atomic E-state index is 0.107. The van der Waals surface area contributed by atoms with Crippen molar-refractivity contribution in [2.24, 2.45) is 0 Å². The zero-order chi connectivity index (χ0) is 20.0. The third-order valence-electron chi connectivity index (χ3n) is 4.46. The molecule has 4 nitrogen and oxygen atoms in total. The summed E-state index contributed by atoms with van der Waals surface area (Å²) < 4.78 is 0. The van der Waals surface area contributed by atoms with Crippen molar-refractivity contribution in [3.05, 3.63) is 69.2 Å². The van der Waals surface area contributed by atoms with Crippen LogP contribution in [0.25, 0.3) is 0 Å². The number of carbonyl (C=O) groups is 2. The van der Waals surface area contributed by atoms with Gasteiger partial charge in [0.25, 0.3) is 0 Å². The Morgan fingerprint density at radius 1 is 1.11 bits per heavy atom. The maximum absolute atomic E-state index is 13.1. The standard InChI is InChI=1S/C21H24Cl2N2O2/c1-4-19(21(27)24-3)25(13-15-7-5-14(2)6-8-15)20(26)11-16-9-10-17(22)12-18(16)23/h5-10,12,19H,4,11,13H2,1-3H3,(H,24,27). The lowest BCUT2D eigenvalue weighted by Crippen LogP contribution is -2.48. The van der Waals surface area contributed by atoms with E-state index in [-0.39, 0.29) is 18.2 Å². The van der Waals surface area contributed by atoms with Crippen LogP contribution in [0.4, 0.5) is 0 Å². The smallest absolute Gasteiger partial charge is 0.242 e. The van der Waals surface area contributed by atoms with Crippen LogP contribution in [-0.2, 0) is 22.6 Å². The Balaban J connectivity index is 2.30. The Kier molecular flexibility index (Phi) is 7.69. The quantitative estimate of drug-likeness (QED) is 0.740. The van der Waals surface area contributed by atoms with Crippen LogP contribution in [-0.4, -0.2) is 29.8 Å². The highest BCUT2D eigenvalue weighted by atomic mass is 35.5. The van der Waals surface area contributed by atoms with Crippen LogP contribution >= 0.6 is 23.2 Å². The lowest BCUT2D eigenvalue weighted by atomic mass is 10.1. The van der Waals surface area contributed by atoms with Gasteiger partial charge in [-0.05, 0) is 36.6 Å². The van der Waals surface area contributed by atoms with Crippen LogP contribution in [0.1, 0.15) is 30.0 Å². The number of amides is 2. The third-order valence-corrected chi connectivity index (χ3v) is 5.05. The minimum atomic E-state index is -0.546. The number of hydrogen-bond acceptors (Lipinski definition) is 2. The molecule has 0 aliphatic heterocycles. The van der Waals surface area contributed by atoms with Gasteiger partial charge in [0.2, 0.25) is 11.8 Å². The minimum Gasteiger partial charge on any atom is -0.357 e. The molecule has 0 fully saturated rings. The van der Waals surface area contributed by atoms with Gasteiger partial charge in [0.15, 0.2) is 0 Å². The van der Waals surface area contributed by atoms with E-state index in [2.05, 4.69) is 5.32 Å². The van der Waals surface area contributed by atoms with Crippen LogP contribution < -0.4 is 5.32 Å². The maximum Gasteiger partial charge on any atom is 0.242 e. The van der Waals surface area contributed by atoms with E-state index in [0.29, 0.717) is 28.6 Å². The van der Waals surface area contributed by atoms with Gasteiger partial charge in [-0.15, -0.1) is 0 Å². The predicted octanol–water partition coefficient (Wildman–Crippen LogP) is 4.40. The van der Waals surface area contributed by atoms with E-state index in [1.165, 1.54) is 0 Å². The fraction of sp³-hybridized carbons (Fsp3) is 0.333. The molecule has 0 bridgehead atoms. The second-order valence-corrected chi connectivity index (χ2v) is 7.30. The monoisotopic (exact) mass is 406 g/mol. The summed E-state index contributed by atoms with van der Waals surface area (Å²) in [6.07, 6.45) is 0.626. The first-order chi connectivity index (χ1) is 12.8. The Labute approximate surface area is 170 Å². The first-order valence-corrected chi connectivity index (χ1v) is 9.61. The van der Waals surface area contributed by atoms with Crippen molar-refractivity contribution in [1.29, 1.82) is 0 Å². The number of rotatable bonds is 7. The SMILES string of the molecule is CCC(C(=O)NC)N(Cc1ccc(C)cc1)C(=O)Cc1ccc(Cl)cc1Cl. The highest BCUT2D eigenvalue weighted by Crippen LogP contribution is 2.23. The van der Waals surface area contributed by atoms with Gasteiger partial charge in [-0.2, -0.15) is 0 Å². The van der Waals surface area contributed by atoms with E-state index in [9.17, 15) is 9.59 Å². The molecule has 0 saturated heterocycles. The van der Waals surface area contributed by atoms with Gasteiger partial charge >= 0.3 is 0 Å².